The molecule has 1 atom stereocenters. The number of rotatable bonds is 5. The fourth-order valence-electron chi connectivity index (χ4n) is 2.06. The smallest absolute Gasteiger partial charge is 0.252 e. The largest absolute Gasteiger partial charge is 0.335 e. The minimum atomic E-state index is -1.14. The average molecular weight is 329 g/mol. The second-order valence-corrected chi connectivity index (χ2v) is 6.19. The van der Waals surface area contributed by atoms with Gasteiger partial charge in [0.2, 0.25) is 5.12 Å². The topological polar surface area (TPSA) is 46.2 Å². The molecule has 0 spiro atoms. The lowest BCUT2D eigenvalue weighted by molar-refractivity contribution is -0.116. The minimum Gasteiger partial charge on any atom is -0.335 e. The van der Waals surface area contributed by atoms with Crippen LogP contribution in [-0.4, -0.2) is 15.7 Å². The standard InChI is InChI=1S/C17H15NO2S2/c1-17(16(20)22-12-21,14-10-6-3-7-11-14)18-15(19)13-8-4-2-5-9-13/h2-12H,1H3,(H,18,19). The third-order valence-electron chi connectivity index (χ3n) is 3.31. The molecule has 3 nitrogen and oxygen atoms in total. The van der Waals surface area contributed by atoms with Crippen LogP contribution in [0.4, 0.5) is 0 Å². The van der Waals surface area contributed by atoms with Gasteiger partial charge in [-0.25, -0.2) is 0 Å². The molecular weight excluding hydrogens is 314 g/mol. The van der Waals surface area contributed by atoms with Crippen molar-refractivity contribution in [3.63, 3.8) is 0 Å². The summed E-state index contributed by atoms with van der Waals surface area (Å²) >= 11 is 5.66. The number of thioether (sulfide) groups is 1. The number of carbonyl (C=O) groups is 2. The van der Waals surface area contributed by atoms with Crippen molar-refractivity contribution in [3.05, 3.63) is 71.8 Å². The molecule has 0 bridgehead atoms. The number of thiocarbonyl (C=S) groups is 1. The maximum atomic E-state index is 12.5. The maximum absolute atomic E-state index is 12.5. The van der Waals surface area contributed by atoms with Crippen LogP contribution in [0.25, 0.3) is 0 Å². The Hall–Kier alpha value is -1.98. The van der Waals surface area contributed by atoms with Gasteiger partial charge < -0.3 is 5.32 Å². The van der Waals surface area contributed by atoms with E-state index in [1.807, 2.05) is 36.4 Å². The van der Waals surface area contributed by atoms with Crippen LogP contribution in [0.3, 0.4) is 0 Å². The molecule has 0 aliphatic carbocycles. The zero-order valence-electron chi connectivity index (χ0n) is 12.0. The van der Waals surface area contributed by atoms with Gasteiger partial charge in [-0.1, -0.05) is 60.7 Å². The van der Waals surface area contributed by atoms with E-state index in [0.717, 1.165) is 11.8 Å². The number of hydrogen-bond acceptors (Lipinski definition) is 4. The quantitative estimate of drug-likeness (QED) is 0.852. The summed E-state index contributed by atoms with van der Waals surface area (Å²) in [5.74, 6) is -0.301. The summed E-state index contributed by atoms with van der Waals surface area (Å²) in [5.41, 5.74) is 0.0761. The van der Waals surface area contributed by atoms with Crippen LogP contribution in [0, 0.1) is 0 Å². The van der Waals surface area contributed by atoms with Crippen molar-refractivity contribution in [1.82, 2.24) is 5.32 Å². The highest BCUT2D eigenvalue weighted by molar-refractivity contribution is 8.31. The maximum Gasteiger partial charge on any atom is 0.252 e. The Morgan fingerprint density at radius 2 is 1.59 bits per heavy atom. The van der Waals surface area contributed by atoms with Crippen LogP contribution in [0.15, 0.2) is 60.7 Å². The highest BCUT2D eigenvalue weighted by Gasteiger charge is 2.36. The summed E-state index contributed by atoms with van der Waals surface area (Å²) in [6.45, 7) is 1.69. The summed E-state index contributed by atoms with van der Waals surface area (Å²) < 4.78 is 1.30. The Bertz CT molecular complexity index is 674. The first-order valence-corrected chi connectivity index (χ1v) is 8.01. The number of nitrogens with one attached hydrogen (secondary N) is 1. The second-order valence-electron chi connectivity index (χ2n) is 4.81. The molecule has 0 aliphatic rings. The average Bonchev–Trinajstić information content (AvgIpc) is 2.56. The Kier molecular flexibility index (Phi) is 5.46. The van der Waals surface area contributed by atoms with Gasteiger partial charge in [0.15, 0.2) is 0 Å². The molecule has 1 N–H and O–H groups in total. The van der Waals surface area contributed by atoms with E-state index in [-0.39, 0.29) is 11.0 Å². The molecule has 5 heteroatoms. The van der Waals surface area contributed by atoms with Crippen molar-refractivity contribution in [2.75, 3.05) is 0 Å². The van der Waals surface area contributed by atoms with E-state index in [2.05, 4.69) is 5.32 Å². The molecule has 0 saturated carbocycles. The van der Waals surface area contributed by atoms with Crippen LogP contribution in [-0.2, 0) is 10.3 Å². The first kappa shape index (κ1) is 16.4. The van der Waals surface area contributed by atoms with E-state index in [4.69, 9.17) is 12.2 Å². The SMILES string of the molecule is CC(NC(=O)c1ccccc1)(C(=O)SC=S)c1ccccc1. The highest BCUT2D eigenvalue weighted by Crippen LogP contribution is 2.27. The molecule has 0 heterocycles. The summed E-state index contributed by atoms with van der Waals surface area (Å²) in [6, 6.07) is 18.0. The number of benzene rings is 2. The third kappa shape index (κ3) is 3.61. The van der Waals surface area contributed by atoms with Crippen LogP contribution in [0.1, 0.15) is 22.8 Å². The molecule has 0 aromatic heterocycles. The molecule has 2 aromatic carbocycles. The Morgan fingerprint density at radius 3 is 2.14 bits per heavy atom. The molecule has 2 aromatic rings. The van der Waals surface area contributed by atoms with Crippen molar-refractivity contribution in [2.45, 2.75) is 12.5 Å². The van der Waals surface area contributed by atoms with Gasteiger partial charge in [-0.05, 0) is 36.4 Å². The molecule has 0 aliphatic heterocycles. The molecule has 1 amide bonds. The molecule has 2 rings (SSSR count). The Morgan fingerprint density at radius 1 is 1.05 bits per heavy atom. The van der Waals surface area contributed by atoms with Gasteiger partial charge in [0.05, 0.1) is 0 Å². The van der Waals surface area contributed by atoms with Crippen LogP contribution < -0.4 is 5.32 Å². The van der Waals surface area contributed by atoms with Crippen molar-refractivity contribution in [3.8, 4) is 0 Å². The fraction of sp³-hybridized carbons (Fsp3) is 0.118. The number of carbonyl (C=O) groups excluding carboxylic acids is 2. The van der Waals surface area contributed by atoms with Gasteiger partial charge >= 0.3 is 0 Å². The van der Waals surface area contributed by atoms with Gasteiger partial charge in [-0.2, -0.15) is 0 Å². The van der Waals surface area contributed by atoms with Crippen molar-refractivity contribution in [2.24, 2.45) is 0 Å². The van der Waals surface area contributed by atoms with Crippen LogP contribution in [0.5, 0.6) is 0 Å². The van der Waals surface area contributed by atoms with E-state index in [9.17, 15) is 9.59 Å². The normalized spacial score (nSPS) is 13.0. The summed E-state index contributed by atoms with van der Waals surface area (Å²) in [7, 11) is 0. The number of amides is 1. The van der Waals surface area contributed by atoms with Crippen LogP contribution in [0.2, 0.25) is 0 Å². The van der Waals surface area contributed by atoms with E-state index in [1.54, 1.807) is 31.2 Å². The summed E-state index contributed by atoms with van der Waals surface area (Å²) in [6.07, 6.45) is 0. The van der Waals surface area contributed by atoms with Crippen molar-refractivity contribution >= 4 is 39.7 Å². The monoisotopic (exact) mass is 329 g/mol. The summed E-state index contributed by atoms with van der Waals surface area (Å²) in [4.78, 5) is 24.9. The van der Waals surface area contributed by atoms with E-state index >= 15 is 0 Å². The zero-order valence-corrected chi connectivity index (χ0v) is 13.6. The molecule has 0 fully saturated rings. The first-order chi connectivity index (χ1) is 10.6. The highest BCUT2D eigenvalue weighted by atomic mass is 32.2. The summed E-state index contributed by atoms with van der Waals surface area (Å²) in [5, 5.41) is 2.61. The Balaban J connectivity index is 2.35. The predicted molar refractivity (Wildman–Crippen MR) is 94.0 cm³/mol. The van der Waals surface area contributed by atoms with E-state index in [1.165, 1.54) is 4.70 Å². The lowest BCUT2D eigenvalue weighted by atomic mass is 9.93. The molecule has 112 valence electrons. The van der Waals surface area contributed by atoms with Crippen molar-refractivity contribution in [1.29, 1.82) is 0 Å². The molecule has 0 radical (unpaired) electrons. The fourth-order valence-corrected chi connectivity index (χ4v) is 2.82. The molecule has 0 saturated heterocycles. The molecule has 22 heavy (non-hydrogen) atoms. The zero-order chi connectivity index (χ0) is 16.0. The van der Waals surface area contributed by atoms with Gasteiger partial charge in [-0.3, -0.25) is 9.59 Å². The molecular formula is C17H15NO2S2. The van der Waals surface area contributed by atoms with E-state index in [0.29, 0.717) is 11.1 Å². The molecule has 1 unspecified atom stereocenters. The minimum absolute atomic E-state index is 0.224. The van der Waals surface area contributed by atoms with Crippen molar-refractivity contribution < 1.29 is 9.59 Å². The first-order valence-electron chi connectivity index (χ1n) is 6.66. The lowest BCUT2D eigenvalue weighted by Gasteiger charge is -2.29. The predicted octanol–water partition coefficient (Wildman–Crippen LogP) is 3.55. The van der Waals surface area contributed by atoms with Gasteiger partial charge in [0.1, 0.15) is 5.54 Å². The number of hydrogen-bond donors (Lipinski definition) is 1. The second kappa shape index (κ2) is 7.33. The third-order valence-corrected chi connectivity index (χ3v) is 4.32. The van der Waals surface area contributed by atoms with E-state index < -0.39 is 5.54 Å². The van der Waals surface area contributed by atoms with Gasteiger partial charge in [0.25, 0.3) is 5.91 Å². The van der Waals surface area contributed by atoms with Gasteiger partial charge in [-0.15, -0.1) is 0 Å². The van der Waals surface area contributed by atoms with Gasteiger partial charge in [0, 0.05) is 10.3 Å². The lowest BCUT2D eigenvalue weighted by Crippen LogP contribution is -2.48. The van der Waals surface area contributed by atoms with Crippen LogP contribution >= 0.6 is 24.0 Å². The Labute approximate surface area is 139 Å².